The van der Waals surface area contributed by atoms with Crippen molar-refractivity contribution in [3.63, 3.8) is 0 Å². The van der Waals surface area contributed by atoms with Crippen LogP contribution in [0.5, 0.6) is 0 Å². The molecule has 30 heavy (non-hydrogen) atoms. The van der Waals surface area contributed by atoms with E-state index in [1.807, 2.05) is 66.4 Å². The van der Waals surface area contributed by atoms with E-state index in [1.54, 1.807) is 6.20 Å². The fourth-order valence-electron chi connectivity index (χ4n) is 4.10. The Labute approximate surface area is 177 Å². The van der Waals surface area contributed by atoms with Crippen molar-refractivity contribution >= 4 is 28.4 Å². The molecule has 0 unspecified atom stereocenters. The standard InChI is InChI=1S/C25H27N3O2/c1-18-9-11-22(21-8-5-15-26-24(18)21)27-25(30)20-13-16-28(17-14-20)23(29)12-10-19-6-3-2-4-7-19/h2-9,11,15,20H,10,12-14,16-17H2,1H3,(H,27,30). The van der Waals surface area contributed by atoms with Gasteiger partial charge in [-0.15, -0.1) is 0 Å². The van der Waals surface area contributed by atoms with Gasteiger partial charge in [-0.25, -0.2) is 0 Å². The van der Waals surface area contributed by atoms with Crippen molar-refractivity contribution in [1.82, 2.24) is 9.88 Å². The first-order valence-corrected chi connectivity index (χ1v) is 10.6. The number of fused-ring (bicyclic) bond motifs is 1. The average molecular weight is 402 g/mol. The smallest absolute Gasteiger partial charge is 0.227 e. The number of nitrogens with one attached hydrogen (secondary N) is 1. The number of carbonyl (C=O) groups excluding carboxylic acids is 2. The number of hydrogen-bond donors (Lipinski definition) is 1. The molecular weight excluding hydrogens is 374 g/mol. The number of carbonyl (C=O) groups is 2. The number of piperidine rings is 1. The number of amides is 2. The molecule has 2 amide bonds. The maximum absolute atomic E-state index is 12.8. The monoisotopic (exact) mass is 401 g/mol. The van der Waals surface area contributed by atoms with Crippen molar-refractivity contribution in [1.29, 1.82) is 0 Å². The van der Waals surface area contributed by atoms with Crippen LogP contribution < -0.4 is 5.32 Å². The summed E-state index contributed by atoms with van der Waals surface area (Å²) < 4.78 is 0. The second kappa shape index (κ2) is 9.08. The largest absolute Gasteiger partial charge is 0.343 e. The van der Waals surface area contributed by atoms with Crippen LogP contribution in [0.3, 0.4) is 0 Å². The highest BCUT2D eigenvalue weighted by Gasteiger charge is 2.27. The van der Waals surface area contributed by atoms with E-state index in [0.29, 0.717) is 32.4 Å². The lowest BCUT2D eigenvalue weighted by atomic mass is 9.95. The number of anilines is 1. The molecule has 0 radical (unpaired) electrons. The number of likely N-dealkylation sites (tertiary alicyclic amines) is 1. The van der Waals surface area contributed by atoms with E-state index in [9.17, 15) is 9.59 Å². The number of benzene rings is 2. The third-order valence-corrected chi connectivity index (χ3v) is 5.92. The molecule has 2 heterocycles. The lowest BCUT2D eigenvalue weighted by molar-refractivity contribution is -0.134. The Morgan fingerprint density at radius 1 is 1.03 bits per heavy atom. The van der Waals surface area contributed by atoms with Gasteiger partial charge in [0.25, 0.3) is 0 Å². The zero-order chi connectivity index (χ0) is 20.9. The number of hydrogen-bond acceptors (Lipinski definition) is 3. The molecule has 3 aromatic rings. The summed E-state index contributed by atoms with van der Waals surface area (Å²) in [7, 11) is 0. The molecule has 1 N–H and O–H groups in total. The molecule has 2 aromatic carbocycles. The third-order valence-electron chi connectivity index (χ3n) is 5.92. The predicted molar refractivity (Wildman–Crippen MR) is 119 cm³/mol. The molecule has 0 atom stereocenters. The predicted octanol–water partition coefficient (Wildman–Crippen LogP) is 4.35. The minimum atomic E-state index is -0.0730. The Bertz CT molecular complexity index is 1040. The molecule has 5 heteroatoms. The molecule has 0 aliphatic carbocycles. The Kier molecular flexibility index (Phi) is 6.07. The Hall–Kier alpha value is -3.21. The van der Waals surface area contributed by atoms with Gasteiger partial charge in [-0.3, -0.25) is 14.6 Å². The zero-order valence-electron chi connectivity index (χ0n) is 17.3. The molecular formula is C25H27N3O2. The van der Waals surface area contributed by atoms with Crippen LogP contribution in [0.1, 0.15) is 30.4 Å². The third kappa shape index (κ3) is 4.51. The molecule has 0 saturated carbocycles. The van der Waals surface area contributed by atoms with Crippen molar-refractivity contribution in [2.45, 2.75) is 32.6 Å². The van der Waals surface area contributed by atoms with Gasteiger partial charge in [0.1, 0.15) is 0 Å². The van der Waals surface area contributed by atoms with E-state index in [2.05, 4.69) is 10.3 Å². The molecule has 1 aromatic heterocycles. The molecule has 1 saturated heterocycles. The summed E-state index contributed by atoms with van der Waals surface area (Å²) in [5, 5.41) is 4.05. The molecule has 0 spiro atoms. The average Bonchev–Trinajstić information content (AvgIpc) is 2.80. The topological polar surface area (TPSA) is 62.3 Å². The zero-order valence-corrected chi connectivity index (χ0v) is 17.3. The van der Waals surface area contributed by atoms with Crippen LogP contribution in [0.2, 0.25) is 0 Å². The van der Waals surface area contributed by atoms with Gasteiger partial charge in [0.05, 0.1) is 11.2 Å². The molecule has 1 fully saturated rings. The van der Waals surface area contributed by atoms with E-state index < -0.39 is 0 Å². The van der Waals surface area contributed by atoms with Gasteiger partial charge in [-0.2, -0.15) is 0 Å². The van der Waals surface area contributed by atoms with Gasteiger partial charge >= 0.3 is 0 Å². The van der Waals surface area contributed by atoms with Crippen molar-refractivity contribution in [2.75, 3.05) is 18.4 Å². The second-order valence-electron chi connectivity index (χ2n) is 7.96. The summed E-state index contributed by atoms with van der Waals surface area (Å²) in [5.74, 6) is 0.130. The number of pyridine rings is 1. The van der Waals surface area contributed by atoms with E-state index in [-0.39, 0.29) is 17.7 Å². The Morgan fingerprint density at radius 2 is 1.80 bits per heavy atom. The van der Waals surface area contributed by atoms with Crippen LogP contribution in [-0.2, 0) is 16.0 Å². The van der Waals surface area contributed by atoms with E-state index in [1.165, 1.54) is 5.56 Å². The maximum atomic E-state index is 12.8. The van der Waals surface area contributed by atoms with Crippen molar-refractivity contribution in [3.8, 4) is 0 Å². The highest BCUT2D eigenvalue weighted by atomic mass is 16.2. The van der Waals surface area contributed by atoms with Crippen LogP contribution in [0.25, 0.3) is 10.9 Å². The lowest BCUT2D eigenvalue weighted by Crippen LogP contribution is -2.41. The van der Waals surface area contributed by atoms with Crippen molar-refractivity contribution in [2.24, 2.45) is 5.92 Å². The van der Waals surface area contributed by atoms with Crippen LogP contribution in [0, 0.1) is 12.8 Å². The van der Waals surface area contributed by atoms with Gasteiger partial charge in [-0.1, -0.05) is 36.4 Å². The summed E-state index contributed by atoms with van der Waals surface area (Å²) in [6, 6.07) is 17.9. The van der Waals surface area contributed by atoms with Crippen molar-refractivity contribution in [3.05, 3.63) is 71.9 Å². The van der Waals surface area contributed by atoms with E-state index in [0.717, 1.165) is 28.6 Å². The number of aryl methyl sites for hydroxylation is 2. The first-order chi connectivity index (χ1) is 14.6. The van der Waals surface area contributed by atoms with Gasteiger partial charge in [0.2, 0.25) is 11.8 Å². The normalized spacial score (nSPS) is 14.6. The molecule has 154 valence electrons. The highest BCUT2D eigenvalue weighted by Crippen LogP contribution is 2.26. The summed E-state index contributed by atoms with van der Waals surface area (Å²) in [5.41, 5.74) is 3.98. The highest BCUT2D eigenvalue weighted by molar-refractivity contribution is 6.02. The molecule has 4 rings (SSSR count). The fraction of sp³-hybridized carbons (Fsp3) is 0.320. The number of aromatic nitrogens is 1. The summed E-state index contributed by atoms with van der Waals surface area (Å²) in [4.78, 5) is 31.7. The van der Waals surface area contributed by atoms with Gasteiger partial charge in [0, 0.05) is 37.0 Å². The van der Waals surface area contributed by atoms with Gasteiger partial charge in [-0.05, 0) is 55.5 Å². The molecule has 1 aliphatic heterocycles. The second-order valence-corrected chi connectivity index (χ2v) is 7.96. The van der Waals surface area contributed by atoms with Crippen LogP contribution >= 0.6 is 0 Å². The quantitative estimate of drug-likeness (QED) is 0.691. The minimum absolute atomic E-state index is 0.0281. The Balaban J connectivity index is 1.31. The van der Waals surface area contributed by atoms with Crippen LogP contribution in [-0.4, -0.2) is 34.8 Å². The molecule has 0 bridgehead atoms. The lowest BCUT2D eigenvalue weighted by Gasteiger charge is -2.31. The molecule has 1 aliphatic rings. The summed E-state index contributed by atoms with van der Waals surface area (Å²) in [6.45, 7) is 3.30. The van der Waals surface area contributed by atoms with E-state index >= 15 is 0 Å². The number of rotatable bonds is 5. The first kappa shape index (κ1) is 20.1. The van der Waals surface area contributed by atoms with Crippen LogP contribution in [0.4, 0.5) is 5.69 Å². The Morgan fingerprint density at radius 3 is 2.57 bits per heavy atom. The van der Waals surface area contributed by atoms with E-state index in [4.69, 9.17) is 0 Å². The summed E-state index contributed by atoms with van der Waals surface area (Å²) in [6.07, 6.45) is 4.44. The van der Waals surface area contributed by atoms with Crippen LogP contribution in [0.15, 0.2) is 60.8 Å². The van der Waals surface area contributed by atoms with Gasteiger partial charge in [0.15, 0.2) is 0 Å². The summed E-state index contributed by atoms with van der Waals surface area (Å²) >= 11 is 0. The fourth-order valence-corrected chi connectivity index (χ4v) is 4.10. The molecule has 5 nitrogen and oxygen atoms in total. The van der Waals surface area contributed by atoms with Gasteiger partial charge < -0.3 is 10.2 Å². The first-order valence-electron chi connectivity index (χ1n) is 10.6. The maximum Gasteiger partial charge on any atom is 0.227 e. The van der Waals surface area contributed by atoms with Crippen molar-refractivity contribution < 1.29 is 9.59 Å². The SMILES string of the molecule is Cc1ccc(NC(=O)C2CCN(C(=O)CCc3ccccc3)CC2)c2cccnc12. The number of nitrogens with zero attached hydrogens (tertiary/aromatic N) is 2. The minimum Gasteiger partial charge on any atom is -0.343 e.